The Morgan fingerprint density at radius 3 is 2.68 bits per heavy atom. The van der Waals surface area contributed by atoms with Crippen molar-refractivity contribution >= 4 is 40.2 Å². The summed E-state index contributed by atoms with van der Waals surface area (Å²) in [6.45, 7) is 0.0398. The number of rotatable bonds is 5. The maximum atomic E-state index is 11.8. The quantitative estimate of drug-likeness (QED) is 0.274. The number of alkyl halides is 1. The van der Waals surface area contributed by atoms with Crippen LogP contribution in [0.15, 0.2) is 24.3 Å². The molecule has 7 nitrogen and oxygen atoms in total. The zero-order valence-corrected chi connectivity index (χ0v) is 12.1. The second-order valence-corrected chi connectivity index (χ2v) is 4.98. The summed E-state index contributed by atoms with van der Waals surface area (Å²) in [7, 11) is 1.25. The number of hydrogen-bond donors (Lipinski definition) is 1. The lowest BCUT2D eigenvalue weighted by atomic mass is 10.1. The topological polar surface area (TPSA) is 98.5 Å². The number of halogens is 1. The van der Waals surface area contributed by atoms with E-state index in [1.165, 1.54) is 31.4 Å². The van der Waals surface area contributed by atoms with E-state index in [4.69, 9.17) is 0 Å². The van der Waals surface area contributed by atoms with Crippen LogP contribution in [0.25, 0.3) is 0 Å². The number of methoxy groups -OCH3 is 1. The molecule has 19 heavy (non-hydrogen) atoms. The summed E-state index contributed by atoms with van der Waals surface area (Å²) < 4.78 is 3.96. The van der Waals surface area contributed by atoms with E-state index in [2.05, 4.69) is 10.1 Å². The standard InChI is InChI=1S/C11H11IN2O5/c1-19-11(16)8(12)6-13-10(15)7-4-2-3-5-9(7)14(17)18/h2-5,8H,6H2,1H3,(H,13,15). The smallest absolute Gasteiger partial charge is 0.320 e. The number of benzene rings is 1. The van der Waals surface area contributed by atoms with Gasteiger partial charge >= 0.3 is 5.97 Å². The minimum Gasteiger partial charge on any atom is -0.468 e. The molecular formula is C11H11IN2O5. The van der Waals surface area contributed by atoms with E-state index in [0.29, 0.717) is 0 Å². The Labute approximate surface area is 122 Å². The van der Waals surface area contributed by atoms with E-state index in [9.17, 15) is 19.7 Å². The summed E-state index contributed by atoms with van der Waals surface area (Å²) in [6, 6.07) is 5.61. The number of ether oxygens (including phenoxy) is 1. The number of para-hydroxylation sites is 1. The molecule has 0 fully saturated rings. The number of carbonyl (C=O) groups excluding carboxylic acids is 2. The third kappa shape index (κ3) is 4.16. The summed E-state index contributed by atoms with van der Waals surface area (Å²) in [5.41, 5.74) is -0.316. The van der Waals surface area contributed by atoms with Gasteiger partial charge < -0.3 is 10.1 Å². The summed E-state index contributed by atoms with van der Waals surface area (Å²) in [4.78, 5) is 33.1. The van der Waals surface area contributed by atoms with Crippen LogP contribution in [0.4, 0.5) is 5.69 Å². The summed E-state index contributed by atoms with van der Waals surface area (Å²) in [6.07, 6.45) is 0. The van der Waals surface area contributed by atoms with Crippen LogP contribution < -0.4 is 5.32 Å². The average molecular weight is 378 g/mol. The SMILES string of the molecule is COC(=O)C(I)CNC(=O)c1ccccc1[N+](=O)[O-]. The van der Waals surface area contributed by atoms with Gasteiger partial charge in [-0.25, -0.2) is 0 Å². The van der Waals surface area contributed by atoms with E-state index in [1.807, 2.05) is 22.6 Å². The number of hydrogen-bond acceptors (Lipinski definition) is 5. The number of nitrogens with zero attached hydrogens (tertiary/aromatic N) is 1. The molecule has 0 aliphatic heterocycles. The van der Waals surface area contributed by atoms with E-state index < -0.39 is 20.7 Å². The second kappa shape index (κ2) is 7.02. The molecule has 0 saturated carbocycles. The Balaban J connectivity index is 2.74. The Morgan fingerprint density at radius 1 is 1.47 bits per heavy atom. The Kier molecular flexibility index (Phi) is 5.67. The number of nitro benzene ring substituents is 1. The molecule has 0 saturated heterocycles. The first-order valence-corrected chi connectivity index (χ1v) is 6.45. The van der Waals surface area contributed by atoms with Crippen molar-refractivity contribution in [2.45, 2.75) is 3.92 Å². The van der Waals surface area contributed by atoms with Crippen LogP contribution in [0.5, 0.6) is 0 Å². The van der Waals surface area contributed by atoms with Gasteiger partial charge in [0, 0.05) is 12.6 Å². The molecule has 102 valence electrons. The van der Waals surface area contributed by atoms with Crippen molar-refractivity contribution in [1.82, 2.24) is 5.32 Å². The van der Waals surface area contributed by atoms with Crippen LogP contribution in [0.2, 0.25) is 0 Å². The monoisotopic (exact) mass is 378 g/mol. The van der Waals surface area contributed by atoms with Crippen molar-refractivity contribution in [3.05, 3.63) is 39.9 Å². The minimum atomic E-state index is -0.628. The first-order chi connectivity index (χ1) is 8.97. The lowest BCUT2D eigenvalue weighted by Gasteiger charge is -2.09. The van der Waals surface area contributed by atoms with Gasteiger partial charge in [-0.1, -0.05) is 34.7 Å². The van der Waals surface area contributed by atoms with Gasteiger partial charge in [0.25, 0.3) is 11.6 Å². The zero-order chi connectivity index (χ0) is 14.4. The van der Waals surface area contributed by atoms with E-state index >= 15 is 0 Å². The molecule has 1 amide bonds. The van der Waals surface area contributed by atoms with Crippen molar-refractivity contribution in [2.24, 2.45) is 0 Å². The number of carbonyl (C=O) groups is 2. The molecule has 1 aromatic rings. The molecule has 1 aromatic carbocycles. The fourth-order valence-corrected chi connectivity index (χ4v) is 1.79. The van der Waals surface area contributed by atoms with Crippen LogP contribution in [0.1, 0.15) is 10.4 Å². The predicted octanol–water partition coefficient (Wildman–Crippen LogP) is 1.30. The molecule has 0 spiro atoms. The van der Waals surface area contributed by atoms with Crippen molar-refractivity contribution in [1.29, 1.82) is 0 Å². The number of nitrogens with one attached hydrogen (secondary N) is 1. The lowest BCUT2D eigenvalue weighted by Crippen LogP contribution is -2.34. The van der Waals surface area contributed by atoms with Crippen molar-refractivity contribution in [2.75, 3.05) is 13.7 Å². The van der Waals surface area contributed by atoms with Crippen molar-refractivity contribution in [3.8, 4) is 0 Å². The van der Waals surface area contributed by atoms with Gasteiger partial charge in [0.05, 0.1) is 12.0 Å². The summed E-state index contributed by atoms with van der Waals surface area (Å²) >= 11 is 1.82. The Bertz CT molecular complexity index is 506. The molecule has 0 aromatic heterocycles. The molecule has 1 atom stereocenters. The van der Waals surface area contributed by atoms with E-state index in [1.54, 1.807) is 0 Å². The first kappa shape index (κ1) is 15.3. The largest absolute Gasteiger partial charge is 0.468 e. The third-order valence-corrected chi connectivity index (χ3v) is 3.19. The van der Waals surface area contributed by atoms with Crippen molar-refractivity contribution < 1.29 is 19.2 Å². The van der Waals surface area contributed by atoms with Crippen LogP contribution in [0.3, 0.4) is 0 Å². The molecule has 1 N–H and O–H groups in total. The van der Waals surface area contributed by atoms with Gasteiger partial charge in [0.1, 0.15) is 9.49 Å². The molecule has 0 heterocycles. The highest BCUT2D eigenvalue weighted by atomic mass is 127. The average Bonchev–Trinajstić information content (AvgIpc) is 2.43. The first-order valence-electron chi connectivity index (χ1n) is 5.21. The summed E-state index contributed by atoms with van der Waals surface area (Å²) in [5, 5.41) is 13.2. The highest BCUT2D eigenvalue weighted by molar-refractivity contribution is 14.1. The second-order valence-electron chi connectivity index (χ2n) is 3.47. The van der Waals surface area contributed by atoms with Crippen LogP contribution in [0, 0.1) is 10.1 Å². The molecule has 0 bridgehead atoms. The minimum absolute atomic E-state index is 0.0398. The lowest BCUT2D eigenvalue weighted by molar-refractivity contribution is -0.385. The highest BCUT2D eigenvalue weighted by Gasteiger charge is 2.21. The molecule has 1 unspecified atom stereocenters. The fraction of sp³-hybridized carbons (Fsp3) is 0.273. The molecular weight excluding hydrogens is 367 g/mol. The van der Waals surface area contributed by atoms with Gasteiger partial charge in [-0.05, 0) is 6.07 Å². The molecule has 0 aliphatic rings. The van der Waals surface area contributed by atoms with E-state index in [-0.39, 0.29) is 17.8 Å². The zero-order valence-electron chi connectivity index (χ0n) is 9.96. The molecule has 0 aliphatic carbocycles. The van der Waals surface area contributed by atoms with Gasteiger partial charge in [0.15, 0.2) is 0 Å². The van der Waals surface area contributed by atoms with Gasteiger partial charge in [-0.15, -0.1) is 0 Å². The Hall–Kier alpha value is -1.71. The highest BCUT2D eigenvalue weighted by Crippen LogP contribution is 2.17. The van der Waals surface area contributed by atoms with Gasteiger partial charge in [0.2, 0.25) is 0 Å². The van der Waals surface area contributed by atoms with Crippen LogP contribution in [-0.2, 0) is 9.53 Å². The molecule has 1 rings (SSSR count). The number of esters is 1. The van der Waals surface area contributed by atoms with Crippen LogP contribution in [-0.4, -0.2) is 34.4 Å². The van der Waals surface area contributed by atoms with Crippen molar-refractivity contribution in [3.63, 3.8) is 0 Å². The predicted molar refractivity (Wildman–Crippen MR) is 75.3 cm³/mol. The number of nitro groups is 1. The maximum Gasteiger partial charge on any atom is 0.320 e. The maximum absolute atomic E-state index is 11.8. The number of amides is 1. The molecule has 8 heteroatoms. The van der Waals surface area contributed by atoms with Crippen LogP contribution >= 0.6 is 22.6 Å². The van der Waals surface area contributed by atoms with Gasteiger partial charge in [-0.3, -0.25) is 19.7 Å². The van der Waals surface area contributed by atoms with E-state index in [0.717, 1.165) is 0 Å². The molecule has 0 radical (unpaired) electrons. The van der Waals surface area contributed by atoms with Gasteiger partial charge in [-0.2, -0.15) is 0 Å². The third-order valence-electron chi connectivity index (χ3n) is 2.24. The fourth-order valence-electron chi connectivity index (χ4n) is 1.31. The Morgan fingerprint density at radius 2 is 2.11 bits per heavy atom. The summed E-state index contributed by atoms with van der Waals surface area (Å²) in [5.74, 6) is -1.07. The normalized spacial score (nSPS) is 11.5.